The number of halogens is 4. The number of amides is 2. The number of rotatable bonds is 12. The largest absolute Gasteiger partial charge is 0.489 e. The molecule has 1 saturated carbocycles. The predicted molar refractivity (Wildman–Crippen MR) is 139 cm³/mol. The van der Waals surface area contributed by atoms with Crippen LogP contribution in [-0.4, -0.2) is 35.6 Å². The quantitative estimate of drug-likeness (QED) is 0.131. The van der Waals surface area contributed by atoms with Gasteiger partial charge in [0, 0.05) is 17.2 Å². The Kier molecular flexibility index (Phi) is 9.28. The first-order chi connectivity index (χ1) is 19.4. The molecule has 0 aliphatic heterocycles. The van der Waals surface area contributed by atoms with Crippen LogP contribution in [0.15, 0.2) is 40.8 Å². The van der Waals surface area contributed by atoms with Crippen LogP contribution in [-0.2, 0) is 4.74 Å². The Balaban J connectivity index is 1.70. The van der Waals surface area contributed by atoms with Crippen molar-refractivity contribution in [3.05, 3.63) is 65.1 Å². The van der Waals surface area contributed by atoms with E-state index in [0.29, 0.717) is 12.0 Å². The molecule has 0 saturated heterocycles. The van der Waals surface area contributed by atoms with Gasteiger partial charge in [-0.3, -0.25) is 4.79 Å². The highest BCUT2D eigenvalue weighted by atomic mass is 32.1. The van der Waals surface area contributed by atoms with E-state index >= 15 is 0 Å². The number of nitrogens with zero attached hydrogens (tertiary/aromatic N) is 1. The van der Waals surface area contributed by atoms with Gasteiger partial charge in [-0.05, 0) is 49.9 Å². The molecule has 3 atom stereocenters. The highest BCUT2D eigenvalue weighted by Gasteiger charge is 2.31. The lowest BCUT2D eigenvalue weighted by atomic mass is 10.1. The van der Waals surface area contributed by atoms with E-state index in [-0.39, 0.29) is 46.6 Å². The fourth-order valence-electron chi connectivity index (χ4n) is 3.87. The van der Waals surface area contributed by atoms with Gasteiger partial charge in [-0.25, -0.2) is 18.6 Å². The highest BCUT2D eigenvalue weighted by Crippen LogP contribution is 2.37. The van der Waals surface area contributed by atoms with Gasteiger partial charge in [-0.2, -0.15) is 21.4 Å². The van der Waals surface area contributed by atoms with Gasteiger partial charge < -0.3 is 35.4 Å². The summed E-state index contributed by atoms with van der Waals surface area (Å²) in [5.74, 6) is -3.09. The van der Waals surface area contributed by atoms with Crippen molar-refractivity contribution in [1.29, 1.82) is 0 Å². The van der Waals surface area contributed by atoms with Crippen LogP contribution in [0.3, 0.4) is 0 Å². The number of hydrogen-bond acceptors (Lipinski definition) is 9. The molecular formula is C26H26F4N4O6S. The van der Waals surface area contributed by atoms with Crippen molar-refractivity contribution < 1.29 is 45.8 Å². The number of oxazole rings is 1. The summed E-state index contributed by atoms with van der Waals surface area (Å²) in [4.78, 5) is 29.0. The van der Waals surface area contributed by atoms with Gasteiger partial charge in [0.1, 0.15) is 11.6 Å². The fraction of sp³-hybridized carbons (Fsp3) is 0.346. The Bertz CT molecular complexity index is 1420. The molecule has 3 aromatic rings. The van der Waals surface area contributed by atoms with E-state index in [1.165, 1.54) is 25.1 Å². The smallest absolute Gasteiger partial charge is 0.405 e. The molecule has 0 radical (unpaired) electrons. The summed E-state index contributed by atoms with van der Waals surface area (Å²) in [5.41, 5.74) is 10.7. The summed E-state index contributed by atoms with van der Waals surface area (Å²) in [5, 5.41) is 1.34. The lowest BCUT2D eigenvalue weighted by molar-refractivity contribution is -0.0515. The second-order valence-corrected chi connectivity index (χ2v) is 9.81. The molecule has 10 nitrogen and oxygen atoms in total. The zero-order chi connectivity index (χ0) is 29.8. The number of nitrogens with two attached hydrogens (primary N) is 2. The zero-order valence-corrected chi connectivity index (χ0v) is 22.4. The molecule has 220 valence electrons. The van der Waals surface area contributed by atoms with Crippen LogP contribution >= 0.6 is 12.6 Å². The molecule has 5 N–H and O–H groups in total. The minimum atomic E-state index is -3.10. The van der Waals surface area contributed by atoms with E-state index in [0.717, 1.165) is 25.0 Å². The van der Waals surface area contributed by atoms with Gasteiger partial charge >= 0.3 is 12.7 Å². The van der Waals surface area contributed by atoms with E-state index in [4.69, 9.17) is 25.4 Å². The van der Waals surface area contributed by atoms with Crippen LogP contribution in [0.2, 0.25) is 0 Å². The molecule has 1 fully saturated rings. The van der Waals surface area contributed by atoms with E-state index in [9.17, 15) is 27.2 Å². The van der Waals surface area contributed by atoms with Crippen molar-refractivity contribution in [3.63, 3.8) is 0 Å². The van der Waals surface area contributed by atoms with Gasteiger partial charge in [0.05, 0.1) is 18.0 Å². The fourth-order valence-corrected chi connectivity index (χ4v) is 4.11. The molecule has 1 aromatic heterocycles. The number of benzene rings is 2. The Morgan fingerprint density at radius 2 is 1.90 bits per heavy atom. The lowest BCUT2D eigenvalue weighted by Gasteiger charge is -2.22. The first-order valence-corrected chi connectivity index (χ1v) is 12.8. The SMILES string of the molecule is C[C@H](OC(N)=O)c1oc(-c2ccc(OC(F)F)c(OCC3CC3)c2)nc1C(=O)NC(c1ccc(F)cc1F)C(N)S. The summed E-state index contributed by atoms with van der Waals surface area (Å²) in [6.07, 6.45) is -0.493. The third-order valence-corrected chi connectivity index (χ3v) is 6.33. The summed E-state index contributed by atoms with van der Waals surface area (Å²) in [6.45, 7) is -1.46. The van der Waals surface area contributed by atoms with Crippen molar-refractivity contribution in [2.75, 3.05) is 6.61 Å². The number of alkyl halides is 2. The molecule has 0 spiro atoms. The van der Waals surface area contributed by atoms with Crippen molar-refractivity contribution in [3.8, 4) is 23.0 Å². The van der Waals surface area contributed by atoms with Crippen LogP contribution in [0, 0.1) is 17.6 Å². The minimum absolute atomic E-state index is 0.00483. The summed E-state index contributed by atoms with van der Waals surface area (Å²) < 4.78 is 74.8. The summed E-state index contributed by atoms with van der Waals surface area (Å²) in [6, 6.07) is 5.38. The number of primary amides is 1. The van der Waals surface area contributed by atoms with Crippen LogP contribution in [0.1, 0.15) is 53.7 Å². The van der Waals surface area contributed by atoms with Crippen LogP contribution in [0.4, 0.5) is 22.4 Å². The maximum atomic E-state index is 14.5. The zero-order valence-electron chi connectivity index (χ0n) is 21.5. The molecule has 0 bridgehead atoms. The number of carbonyl (C=O) groups excluding carboxylic acids is 2. The molecular weight excluding hydrogens is 572 g/mol. The number of ether oxygens (including phenoxy) is 3. The van der Waals surface area contributed by atoms with E-state index in [1.54, 1.807) is 0 Å². The van der Waals surface area contributed by atoms with Crippen LogP contribution in [0.25, 0.3) is 11.5 Å². The highest BCUT2D eigenvalue weighted by molar-refractivity contribution is 7.80. The van der Waals surface area contributed by atoms with E-state index < -0.39 is 47.8 Å². The molecule has 2 aromatic carbocycles. The molecule has 41 heavy (non-hydrogen) atoms. The van der Waals surface area contributed by atoms with Crippen molar-refractivity contribution in [2.24, 2.45) is 17.4 Å². The van der Waals surface area contributed by atoms with E-state index in [2.05, 4.69) is 27.7 Å². The summed E-state index contributed by atoms with van der Waals surface area (Å²) in [7, 11) is 0. The van der Waals surface area contributed by atoms with Crippen LogP contribution < -0.4 is 26.3 Å². The Morgan fingerprint density at radius 3 is 2.51 bits per heavy atom. The molecule has 4 rings (SSSR count). The van der Waals surface area contributed by atoms with E-state index in [1.807, 2.05) is 0 Å². The number of thiol groups is 1. The minimum Gasteiger partial charge on any atom is -0.489 e. The maximum Gasteiger partial charge on any atom is 0.405 e. The normalized spacial score (nSPS) is 15.2. The number of hydrogen-bond donors (Lipinski definition) is 4. The Hall–Kier alpha value is -3.98. The third kappa shape index (κ3) is 7.61. The molecule has 15 heteroatoms. The number of nitrogens with one attached hydrogen (secondary N) is 1. The van der Waals surface area contributed by atoms with Gasteiger partial charge in [0.25, 0.3) is 5.91 Å². The van der Waals surface area contributed by atoms with Gasteiger partial charge in [-0.1, -0.05) is 6.07 Å². The average molecular weight is 599 g/mol. The standard InChI is InChI=1S/C26H26F4N4O6S/c1-11(38-26(32)36)21-20(23(35)33-19(22(31)41)15-6-5-14(27)9-16(15)28)34-24(40-21)13-4-7-17(39-25(29)30)18(8-13)37-10-12-2-3-12/h4-9,11-12,19,22,25,41H,2-3,10,31H2,1H3,(H2,32,36)(H,33,35)/t11-,19?,22?/m0/s1. The van der Waals surface area contributed by atoms with Crippen molar-refractivity contribution in [1.82, 2.24) is 10.3 Å². The van der Waals surface area contributed by atoms with Crippen molar-refractivity contribution in [2.45, 2.75) is 43.9 Å². The average Bonchev–Trinajstić information content (AvgIpc) is 3.61. The molecule has 2 unspecified atom stereocenters. The first-order valence-electron chi connectivity index (χ1n) is 12.3. The molecule has 1 aliphatic carbocycles. The Morgan fingerprint density at radius 1 is 1.17 bits per heavy atom. The topological polar surface area (TPSA) is 152 Å². The van der Waals surface area contributed by atoms with Crippen molar-refractivity contribution >= 4 is 24.6 Å². The number of aromatic nitrogens is 1. The predicted octanol–water partition coefficient (Wildman–Crippen LogP) is 4.85. The van der Waals surface area contributed by atoms with Gasteiger partial charge in [0.2, 0.25) is 5.89 Å². The molecule has 2 amide bonds. The number of carbonyl (C=O) groups is 2. The second kappa shape index (κ2) is 12.7. The lowest BCUT2D eigenvalue weighted by Crippen LogP contribution is -2.39. The third-order valence-electron chi connectivity index (χ3n) is 6.03. The summed E-state index contributed by atoms with van der Waals surface area (Å²) >= 11 is 4.12. The molecule has 1 heterocycles. The first kappa shape index (κ1) is 30.0. The van der Waals surface area contributed by atoms with Crippen LogP contribution in [0.5, 0.6) is 11.5 Å². The monoisotopic (exact) mass is 598 g/mol. The molecule has 1 aliphatic rings. The van der Waals surface area contributed by atoms with Gasteiger partial charge in [-0.15, -0.1) is 0 Å². The van der Waals surface area contributed by atoms with Gasteiger partial charge in [0.15, 0.2) is 29.1 Å². The second-order valence-electron chi connectivity index (χ2n) is 9.21. The maximum absolute atomic E-state index is 14.5. The Labute approximate surface area is 236 Å².